The summed E-state index contributed by atoms with van der Waals surface area (Å²) in [5.74, 6) is 0. The number of halogens is 1. The van der Waals surface area contributed by atoms with Crippen LogP contribution in [0.1, 0.15) is 0 Å². The molecule has 12 heavy (non-hydrogen) atoms. The van der Waals surface area contributed by atoms with E-state index < -0.39 is 0 Å². The molecule has 0 radical (unpaired) electrons. The molecule has 0 fully saturated rings. The average molecular weight is 197 g/mol. The molecule has 0 aliphatic heterocycles. The molecule has 2 aromatic rings. The first-order valence-corrected chi connectivity index (χ1v) is 4.50. The molecule has 2 rings (SSSR count). The molecular formula is C8H5ClN2S. The Morgan fingerprint density at radius 3 is 2.92 bits per heavy atom. The molecule has 0 saturated carbocycles. The molecular weight excluding hydrogens is 192 g/mol. The predicted molar refractivity (Wildman–Crippen MR) is 50.4 cm³/mol. The summed E-state index contributed by atoms with van der Waals surface area (Å²) in [5.41, 5.74) is 1.89. The number of benzene rings is 1. The van der Waals surface area contributed by atoms with Gasteiger partial charge in [-0.05, 0) is 12.1 Å². The minimum absolute atomic E-state index is 0.723. The van der Waals surface area contributed by atoms with Gasteiger partial charge in [0.25, 0.3) is 0 Å². The normalized spacial score (nSPS) is 10.1. The molecule has 0 spiro atoms. The van der Waals surface area contributed by atoms with Crippen LogP contribution in [0.5, 0.6) is 0 Å². The second-order valence-electron chi connectivity index (χ2n) is 2.30. The maximum atomic E-state index is 5.82. The Hall–Kier alpha value is -0.930. The van der Waals surface area contributed by atoms with E-state index in [1.54, 1.807) is 6.20 Å². The van der Waals surface area contributed by atoms with Crippen LogP contribution in [0.3, 0.4) is 0 Å². The average Bonchev–Trinajstić information content (AvgIpc) is 2.56. The SMILES string of the molecule is Clc1cccc(-c2cnsn2)c1. The summed E-state index contributed by atoms with van der Waals surface area (Å²) < 4.78 is 8.02. The van der Waals surface area contributed by atoms with Crippen molar-refractivity contribution in [2.75, 3.05) is 0 Å². The van der Waals surface area contributed by atoms with Crippen LogP contribution in [-0.4, -0.2) is 8.75 Å². The van der Waals surface area contributed by atoms with Crippen molar-refractivity contribution in [1.29, 1.82) is 0 Å². The molecule has 1 aromatic carbocycles. The van der Waals surface area contributed by atoms with Crippen molar-refractivity contribution < 1.29 is 0 Å². The van der Waals surface area contributed by atoms with E-state index in [0.717, 1.165) is 16.3 Å². The van der Waals surface area contributed by atoms with Crippen molar-refractivity contribution in [3.8, 4) is 11.3 Å². The monoisotopic (exact) mass is 196 g/mol. The summed E-state index contributed by atoms with van der Waals surface area (Å²) in [6.45, 7) is 0. The Balaban J connectivity index is 2.48. The third-order valence-electron chi connectivity index (χ3n) is 1.48. The smallest absolute Gasteiger partial charge is 0.104 e. The van der Waals surface area contributed by atoms with E-state index >= 15 is 0 Å². The van der Waals surface area contributed by atoms with Crippen LogP contribution in [0.4, 0.5) is 0 Å². The van der Waals surface area contributed by atoms with Gasteiger partial charge in [0.2, 0.25) is 0 Å². The van der Waals surface area contributed by atoms with Crippen LogP contribution in [0.15, 0.2) is 30.5 Å². The number of aromatic nitrogens is 2. The lowest BCUT2D eigenvalue weighted by Gasteiger charge is -1.94. The van der Waals surface area contributed by atoms with Crippen LogP contribution in [0, 0.1) is 0 Å². The van der Waals surface area contributed by atoms with Crippen LogP contribution < -0.4 is 0 Å². The molecule has 60 valence electrons. The van der Waals surface area contributed by atoms with E-state index in [0.29, 0.717) is 0 Å². The highest BCUT2D eigenvalue weighted by Crippen LogP contribution is 2.20. The fourth-order valence-electron chi connectivity index (χ4n) is 0.940. The standard InChI is InChI=1S/C8H5ClN2S/c9-7-3-1-2-6(4-7)8-5-10-12-11-8/h1-5H. The molecule has 1 heterocycles. The Bertz CT molecular complexity index is 372. The maximum absolute atomic E-state index is 5.82. The summed E-state index contributed by atoms with van der Waals surface area (Å²) in [4.78, 5) is 0. The van der Waals surface area contributed by atoms with Gasteiger partial charge in [-0.3, -0.25) is 0 Å². The zero-order valence-corrected chi connectivity index (χ0v) is 7.64. The van der Waals surface area contributed by atoms with Gasteiger partial charge in [-0.2, -0.15) is 8.75 Å². The molecule has 4 heteroatoms. The number of rotatable bonds is 1. The van der Waals surface area contributed by atoms with Crippen molar-refractivity contribution in [3.05, 3.63) is 35.5 Å². The van der Waals surface area contributed by atoms with Gasteiger partial charge >= 0.3 is 0 Å². The Morgan fingerprint density at radius 2 is 2.25 bits per heavy atom. The van der Waals surface area contributed by atoms with Crippen molar-refractivity contribution in [2.45, 2.75) is 0 Å². The van der Waals surface area contributed by atoms with Gasteiger partial charge < -0.3 is 0 Å². The lowest BCUT2D eigenvalue weighted by atomic mass is 10.2. The van der Waals surface area contributed by atoms with E-state index in [4.69, 9.17) is 11.6 Å². The summed E-state index contributed by atoms with van der Waals surface area (Å²) >= 11 is 7.01. The van der Waals surface area contributed by atoms with E-state index in [2.05, 4.69) is 8.75 Å². The molecule has 2 nitrogen and oxygen atoms in total. The van der Waals surface area contributed by atoms with Crippen LogP contribution in [0.2, 0.25) is 5.02 Å². The topological polar surface area (TPSA) is 25.8 Å². The Kier molecular flexibility index (Phi) is 2.06. The number of hydrogen-bond acceptors (Lipinski definition) is 3. The lowest BCUT2D eigenvalue weighted by molar-refractivity contribution is 1.49. The van der Waals surface area contributed by atoms with Crippen LogP contribution in [0.25, 0.3) is 11.3 Å². The zero-order valence-electron chi connectivity index (χ0n) is 6.07. The Labute approximate surface area is 79.2 Å². The summed E-state index contributed by atoms with van der Waals surface area (Å²) in [7, 11) is 0. The van der Waals surface area contributed by atoms with Gasteiger partial charge in [0.05, 0.1) is 17.9 Å². The molecule has 0 bridgehead atoms. The fraction of sp³-hybridized carbons (Fsp3) is 0. The first-order chi connectivity index (χ1) is 5.86. The maximum Gasteiger partial charge on any atom is 0.104 e. The summed E-state index contributed by atoms with van der Waals surface area (Å²) in [6.07, 6.45) is 1.73. The Morgan fingerprint density at radius 1 is 1.33 bits per heavy atom. The van der Waals surface area contributed by atoms with E-state index in [9.17, 15) is 0 Å². The first-order valence-electron chi connectivity index (χ1n) is 3.40. The molecule has 0 N–H and O–H groups in total. The van der Waals surface area contributed by atoms with Gasteiger partial charge in [-0.25, -0.2) is 0 Å². The second kappa shape index (κ2) is 3.21. The van der Waals surface area contributed by atoms with E-state index in [1.165, 1.54) is 11.7 Å². The van der Waals surface area contributed by atoms with Crippen LogP contribution >= 0.6 is 23.3 Å². The van der Waals surface area contributed by atoms with Crippen LogP contribution in [-0.2, 0) is 0 Å². The van der Waals surface area contributed by atoms with E-state index in [-0.39, 0.29) is 0 Å². The third kappa shape index (κ3) is 1.47. The summed E-state index contributed by atoms with van der Waals surface area (Å²) in [6, 6.07) is 7.57. The summed E-state index contributed by atoms with van der Waals surface area (Å²) in [5, 5.41) is 0.723. The zero-order chi connectivity index (χ0) is 8.39. The predicted octanol–water partition coefficient (Wildman–Crippen LogP) is 2.86. The minimum Gasteiger partial charge on any atom is -0.181 e. The quantitative estimate of drug-likeness (QED) is 0.701. The van der Waals surface area contributed by atoms with Crippen molar-refractivity contribution in [3.63, 3.8) is 0 Å². The molecule has 0 aliphatic carbocycles. The fourth-order valence-corrected chi connectivity index (χ4v) is 1.56. The molecule has 0 atom stereocenters. The number of nitrogens with zero attached hydrogens (tertiary/aromatic N) is 2. The van der Waals surface area contributed by atoms with Crippen molar-refractivity contribution in [1.82, 2.24) is 8.75 Å². The van der Waals surface area contributed by atoms with Gasteiger partial charge in [0.15, 0.2) is 0 Å². The highest BCUT2D eigenvalue weighted by atomic mass is 35.5. The molecule has 0 amide bonds. The number of hydrogen-bond donors (Lipinski definition) is 0. The van der Waals surface area contributed by atoms with E-state index in [1.807, 2.05) is 24.3 Å². The van der Waals surface area contributed by atoms with Gasteiger partial charge in [-0.1, -0.05) is 23.7 Å². The highest BCUT2D eigenvalue weighted by molar-refractivity contribution is 6.99. The third-order valence-corrected chi connectivity index (χ3v) is 2.19. The lowest BCUT2D eigenvalue weighted by Crippen LogP contribution is -1.74. The van der Waals surface area contributed by atoms with Crippen molar-refractivity contribution >= 4 is 23.3 Å². The molecule has 1 aromatic heterocycles. The molecule has 0 aliphatic rings. The molecule has 0 saturated heterocycles. The van der Waals surface area contributed by atoms with Gasteiger partial charge in [0, 0.05) is 10.6 Å². The second-order valence-corrected chi connectivity index (χ2v) is 3.30. The van der Waals surface area contributed by atoms with Gasteiger partial charge in [-0.15, -0.1) is 0 Å². The largest absolute Gasteiger partial charge is 0.181 e. The minimum atomic E-state index is 0.723. The van der Waals surface area contributed by atoms with Gasteiger partial charge in [0.1, 0.15) is 5.69 Å². The highest BCUT2D eigenvalue weighted by Gasteiger charge is 1.99. The van der Waals surface area contributed by atoms with Crippen molar-refractivity contribution in [2.24, 2.45) is 0 Å². The molecule has 0 unspecified atom stereocenters. The first kappa shape index (κ1) is 7.71.